The van der Waals surface area contributed by atoms with Gasteiger partial charge in [0.2, 0.25) is 11.8 Å². The minimum atomic E-state index is -0.199. The molecule has 2 aromatic heterocycles. The first-order chi connectivity index (χ1) is 13.5. The number of rotatable bonds is 2. The Labute approximate surface area is 162 Å². The molecule has 0 radical (unpaired) electrons. The van der Waals surface area contributed by atoms with E-state index in [1.165, 1.54) is 0 Å². The van der Waals surface area contributed by atoms with Gasteiger partial charge in [-0.05, 0) is 49.1 Å². The van der Waals surface area contributed by atoms with Crippen LogP contribution in [0.2, 0.25) is 0 Å². The summed E-state index contributed by atoms with van der Waals surface area (Å²) < 4.78 is 7.12. The summed E-state index contributed by atoms with van der Waals surface area (Å²) >= 11 is 0. The molecule has 4 rings (SSSR count). The van der Waals surface area contributed by atoms with Crippen molar-refractivity contribution in [2.24, 2.45) is 5.92 Å². The minimum absolute atomic E-state index is 0.0330. The van der Waals surface area contributed by atoms with Crippen LogP contribution in [0.3, 0.4) is 0 Å². The van der Waals surface area contributed by atoms with E-state index in [4.69, 9.17) is 20.5 Å². The van der Waals surface area contributed by atoms with Gasteiger partial charge in [0.25, 0.3) is 5.56 Å². The number of hydrogen-bond donors (Lipinski definition) is 2. The highest BCUT2D eigenvalue weighted by Crippen LogP contribution is 2.20. The maximum absolute atomic E-state index is 12.9. The molecule has 1 aromatic carbocycles. The lowest BCUT2D eigenvalue weighted by molar-refractivity contribution is 0.484. The Hall–Kier alpha value is -3.35. The smallest absolute Gasteiger partial charge is 0.261 e. The van der Waals surface area contributed by atoms with E-state index < -0.39 is 0 Å². The SMILES string of the molecule is CC1CCc2nc3cc(C(=N)OC(=N)c4ccccn4)ccc3c(=O)n2CC1. The van der Waals surface area contributed by atoms with Gasteiger partial charge in [-0.2, -0.15) is 0 Å². The summed E-state index contributed by atoms with van der Waals surface area (Å²) in [4.78, 5) is 21.6. The predicted molar refractivity (Wildman–Crippen MR) is 107 cm³/mol. The quantitative estimate of drug-likeness (QED) is 0.530. The van der Waals surface area contributed by atoms with Crippen LogP contribution in [0.25, 0.3) is 10.9 Å². The lowest BCUT2D eigenvalue weighted by Crippen LogP contribution is -2.24. The second kappa shape index (κ2) is 7.34. The molecule has 0 aliphatic carbocycles. The van der Waals surface area contributed by atoms with Crippen LogP contribution in [-0.4, -0.2) is 26.3 Å². The molecule has 3 heterocycles. The lowest BCUT2D eigenvalue weighted by Gasteiger charge is -2.11. The summed E-state index contributed by atoms with van der Waals surface area (Å²) in [6.45, 7) is 2.89. The van der Waals surface area contributed by atoms with Gasteiger partial charge in [0, 0.05) is 24.7 Å². The Morgan fingerprint density at radius 2 is 2.04 bits per heavy atom. The van der Waals surface area contributed by atoms with Crippen molar-refractivity contribution < 1.29 is 4.74 Å². The van der Waals surface area contributed by atoms with E-state index in [1.54, 1.807) is 47.2 Å². The molecule has 0 spiro atoms. The van der Waals surface area contributed by atoms with Crippen molar-refractivity contribution in [1.29, 1.82) is 10.8 Å². The van der Waals surface area contributed by atoms with E-state index in [-0.39, 0.29) is 17.4 Å². The minimum Gasteiger partial charge on any atom is -0.419 e. The Morgan fingerprint density at radius 3 is 2.82 bits per heavy atom. The maximum atomic E-state index is 12.9. The largest absolute Gasteiger partial charge is 0.419 e. The third-order valence-electron chi connectivity index (χ3n) is 5.10. The Kier molecular flexibility index (Phi) is 4.73. The fraction of sp³-hybridized carbons (Fsp3) is 0.286. The molecular formula is C21H21N5O2. The van der Waals surface area contributed by atoms with Crippen LogP contribution in [0.4, 0.5) is 0 Å². The number of benzene rings is 1. The molecule has 7 nitrogen and oxygen atoms in total. The van der Waals surface area contributed by atoms with E-state index in [0.29, 0.717) is 34.6 Å². The van der Waals surface area contributed by atoms with Gasteiger partial charge < -0.3 is 4.74 Å². The molecule has 0 amide bonds. The number of nitrogens with one attached hydrogen (secondary N) is 2. The van der Waals surface area contributed by atoms with Gasteiger partial charge in [0.05, 0.1) is 10.9 Å². The molecule has 1 aliphatic heterocycles. The fourth-order valence-corrected chi connectivity index (χ4v) is 3.41. The highest BCUT2D eigenvalue weighted by atomic mass is 16.5. The van der Waals surface area contributed by atoms with Gasteiger partial charge in [0.15, 0.2) is 0 Å². The number of pyridine rings is 1. The van der Waals surface area contributed by atoms with Crippen LogP contribution in [-0.2, 0) is 17.7 Å². The van der Waals surface area contributed by atoms with Gasteiger partial charge in [-0.3, -0.25) is 25.2 Å². The Balaban J connectivity index is 1.65. The molecular weight excluding hydrogens is 354 g/mol. The zero-order chi connectivity index (χ0) is 19.7. The monoisotopic (exact) mass is 375 g/mol. The number of fused-ring (bicyclic) bond motifs is 2. The summed E-state index contributed by atoms with van der Waals surface area (Å²) in [7, 11) is 0. The summed E-state index contributed by atoms with van der Waals surface area (Å²) in [5, 5.41) is 16.7. The van der Waals surface area contributed by atoms with Crippen LogP contribution in [0.5, 0.6) is 0 Å². The van der Waals surface area contributed by atoms with Gasteiger partial charge in [-0.15, -0.1) is 0 Å². The third kappa shape index (κ3) is 3.43. The topological polar surface area (TPSA) is 105 Å². The van der Waals surface area contributed by atoms with Crippen molar-refractivity contribution in [2.75, 3.05) is 0 Å². The standard InChI is InChI=1S/C21H21N5O2/c1-13-5-8-18-25-17-12-14(6-7-15(17)21(27)26(18)11-9-13)19(22)28-20(23)16-4-2-3-10-24-16/h2-4,6-7,10,12-13,22-23H,5,8-9,11H2,1H3. The summed E-state index contributed by atoms with van der Waals surface area (Å²) in [5.74, 6) is 0.990. The van der Waals surface area contributed by atoms with Crippen molar-refractivity contribution in [3.8, 4) is 0 Å². The molecule has 28 heavy (non-hydrogen) atoms. The van der Waals surface area contributed by atoms with Gasteiger partial charge in [-0.25, -0.2) is 4.98 Å². The van der Waals surface area contributed by atoms with Crippen LogP contribution < -0.4 is 5.56 Å². The van der Waals surface area contributed by atoms with Gasteiger partial charge >= 0.3 is 0 Å². The molecule has 0 saturated carbocycles. The van der Waals surface area contributed by atoms with Crippen LogP contribution in [0.1, 0.15) is 36.8 Å². The summed E-state index contributed by atoms with van der Waals surface area (Å²) in [6, 6.07) is 10.2. The molecule has 1 atom stereocenters. The molecule has 1 aliphatic rings. The fourth-order valence-electron chi connectivity index (χ4n) is 3.41. The molecule has 2 N–H and O–H groups in total. The van der Waals surface area contributed by atoms with E-state index in [0.717, 1.165) is 25.1 Å². The van der Waals surface area contributed by atoms with Crippen LogP contribution >= 0.6 is 0 Å². The normalized spacial score (nSPS) is 16.2. The summed E-state index contributed by atoms with van der Waals surface area (Å²) in [6.07, 6.45) is 4.33. The Bertz CT molecular complexity index is 1120. The van der Waals surface area contributed by atoms with E-state index in [9.17, 15) is 4.79 Å². The second-order valence-corrected chi connectivity index (χ2v) is 7.12. The molecule has 142 valence electrons. The Morgan fingerprint density at radius 1 is 1.18 bits per heavy atom. The first kappa shape index (κ1) is 18.0. The van der Waals surface area contributed by atoms with Crippen molar-refractivity contribution >= 4 is 22.7 Å². The first-order valence-corrected chi connectivity index (χ1v) is 9.33. The molecule has 7 heteroatoms. The highest BCUT2D eigenvalue weighted by molar-refractivity contribution is 6.05. The number of ether oxygens (including phenoxy) is 1. The molecule has 0 bridgehead atoms. The summed E-state index contributed by atoms with van der Waals surface area (Å²) in [5.41, 5.74) is 1.34. The molecule has 1 unspecified atom stereocenters. The zero-order valence-corrected chi connectivity index (χ0v) is 15.6. The molecule has 0 fully saturated rings. The van der Waals surface area contributed by atoms with Crippen LogP contribution in [0, 0.1) is 16.7 Å². The van der Waals surface area contributed by atoms with Crippen LogP contribution in [0.15, 0.2) is 47.4 Å². The third-order valence-corrected chi connectivity index (χ3v) is 5.10. The average Bonchev–Trinajstić information content (AvgIpc) is 2.90. The average molecular weight is 375 g/mol. The zero-order valence-electron chi connectivity index (χ0n) is 15.6. The van der Waals surface area contributed by atoms with Crippen molar-refractivity contribution in [3.05, 3.63) is 70.0 Å². The van der Waals surface area contributed by atoms with E-state index in [2.05, 4.69) is 11.9 Å². The van der Waals surface area contributed by atoms with E-state index >= 15 is 0 Å². The van der Waals surface area contributed by atoms with Crippen molar-refractivity contribution in [1.82, 2.24) is 14.5 Å². The highest BCUT2D eigenvalue weighted by Gasteiger charge is 2.18. The lowest BCUT2D eigenvalue weighted by atomic mass is 10.0. The second-order valence-electron chi connectivity index (χ2n) is 7.12. The number of hydrogen-bond acceptors (Lipinski definition) is 6. The van der Waals surface area contributed by atoms with Gasteiger partial charge in [-0.1, -0.05) is 13.0 Å². The van der Waals surface area contributed by atoms with E-state index in [1.807, 2.05) is 0 Å². The molecule has 3 aromatic rings. The molecule has 0 saturated heterocycles. The van der Waals surface area contributed by atoms with Crippen molar-refractivity contribution in [2.45, 2.75) is 32.7 Å². The maximum Gasteiger partial charge on any atom is 0.261 e. The predicted octanol–water partition coefficient (Wildman–Crippen LogP) is 3.13. The number of aromatic nitrogens is 3. The first-order valence-electron chi connectivity index (χ1n) is 9.33. The number of nitrogens with zero attached hydrogens (tertiary/aromatic N) is 3. The number of aryl methyl sites for hydroxylation is 1. The van der Waals surface area contributed by atoms with Crippen molar-refractivity contribution in [3.63, 3.8) is 0 Å². The van der Waals surface area contributed by atoms with Gasteiger partial charge in [0.1, 0.15) is 11.5 Å².